The van der Waals surface area contributed by atoms with Crippen LogP contribution in [0.15, 0.2) is 42.5 Å². The molecule has 0 aliphatic rings. The van der Waals surface area contributed by atoms with Crippen LogP contribution in [0, 0.1) is 0 Å². The Morgan fingerprint density at radius 3 is 2.26 bits per heavy atom. The van der Waals surface area contributed by atoms with E-state index in [1.54, 1.807) is 31.2 Å². The van der Waals surface area contributed by atoms with Gasteiger partial charge in [0, 0.05) is 18.1 Å². The molecule has 0 fully saturated rings. The average molecular weight is 596 g/mol. The highest BCUT2D eigenvalue weighted by atomic mass is 35.5. The lowest BCUT2D eigenvalue weighted by molar-refractivity contribution is -0.140. The molecule has 0 bridgehead atoms. The van der Waals surface area contributed by atoms with E-state index in [4.69, 9.17) is 23.2 Å². The number of hydrogen-bond donors (Lipinski definition) is 1. The summed E-state index contributed by atoms with van der Waals surface area (Å²) in [6.07, 6.45) is -2.31. The van der Waals surface area contributed by atoms with Gasteiger partial charge in [0.25, 0.3) is 0 Å². The first kappa shape index (κ1) is 31.7. The van der Waals surface area contributed by atoms with Crippen molar-refractivity contribution in [2.75, 3.05) is 23.7 Å². The van der Waals surface area contributed by atoms with Crippen LogP contribution in [0.2, 0.25) is 10.0 Å². The zero-order valence-electron chi connectivity index (χ0n) is 21.2. The SMILES string of the molecule is CCCCNC(=O)[C@@H](CC)N(Cc1ccccc1Cl)C(=O)CN(c1ccc(Cl)c(C(F)(F)F)c1)S(C)(=O)=O. The molecule has 0 spiro atoms. The summed E-state index contributed by atoms with van der Waals surface area (Å²) in [5.74, 6) is -1.23. The maximum absolute atomic E-state index is 13.6. The standard InChI is InChI=1S/C25H30Cl2F3N3O4S/c1-4-6-13-31-24(35)22(5-2)32(15-17-9-7-8-10-20(17)26)23(34)16-33(38(3,36)37)18-11-12-21(27)19(14-18)25(28,29)30/h7-12,14,22H,4-6,13,15-16H2,1-3H3,(H,31,35)/t22-/m1/s1. The normalized spacial score (nSPS) is 12.6. The van der Waals surface area contributed by atoms with Crippen LogP contribution in [-0.2, 0) is 32.3 Å². The molecule has 0 aliphatic heterocycles. The number of anilines is 1. The van der Waals surface area contributed by atoms with Crippen LogP contribution >= 0.6 is 23.2 Å². The van der Waals surface area contributed by atoms with E-state index in [2.05, 4.69) is 5.32 Å². The highest BCUT2D eigenvalue weighted by molar-refractivity contribution is 7.92. The highest BCUT2D eigenvalue weighted by Gasteiger charge is 2.36. The molecule has 0 radical (unpaired) electrons. The van der Waals surface area contributed by atoms with E-state index in [-0.39, 0.29) is 13.0 Å². The minimum absolute atomic E-state index is 0.121. The minimum atomic E-state index is -4.85. The van der Waals surface area contributed by atoms with Crippen LogP contribution in [0.5, 0.6) is 0 Å². The molecule has 38 heavy (non-hydrogen) atoms. The van der Waals surface area contributed by atoms with Gasteiger partial charge in [-0.1, -0.05) is 61.7 Å². The lowest BCUT2D eigenvalue weighted by Crippen LogP contribution is -2.52. The zero-order chi connectivity index (χ0) is 28.7. The summed E-state index contributed by atoms with van der Waals surface area (Å²) in [7, 11) is -4.22. The van der Waals surface area contributed by atoms with Crippen molar-refractivity contribution in [2.45, 2.75) is 51.9 Å². The van der Waals surface area contributed by atoms with Crippen LogP contribution in [0.4, 0.5) is 18.9 Å². The third-order valence-electron chi connectivity index (χ3n) is 5.74. The molecular formula is C25H30Cl2F3N3O4S. The third kappa shape index (κ3) is 8.51. The van der Waals surface area contributed by atoms with E-state index < -0.39 is 56.9 Å². The third-order valence-corrected chi connectivity index (χ3v) is 7.58. The molecule has 0 saturated heterocycles. The van der Waals surface area contributed by atoms with E-state index >= 15 is 0 Å². The molecule has 2 aromatic carbocycles. The van der Waals surface area contributed by atoms with Crippen molar-refractivity contribution in [2.24, 2.45) is 0 Å². The van der Waals surface area contributed by atoms with Crippen molar-refractivity contribution in [3.8, 4) is 0 Å². The van der Waals surface area contributed by atoms with Gasteiger partial charge >= 0.3 is 6.18 Å². The Kier molecular flexibility index (Phi) is 11.3. The Morgan fingerprint density at radius 1 is 1.05 bits per heavy atom. The van der Waals surface area contributed by atoms with Crippen molar-refractivity contribution < 1.29 is 31.2 Å². The number of alkyl halides is 3. The predicted octanol–water partition coefficient (Wildman–Crippen LogP) is 5.50. The van der Waals surface area contributed by atoms with E-state index in [0.717, 1.165) is 31.2 Å². The maximum atomic E-state index is 13.6. The number of carbonyl (C=O) groups excluding carboxylic acids is 2. The van der Waals surface area contributed by atoms with Gasteiger partial charge in [0.15, 0.2) is 0 Å². The minimum Gasteiger partial charge on any atom is -0.354 e. The molecule has 2 aromatic rings. The molecule has 0 saturated carbocycles. The first-order chi connectivity index (χ1) is 17.7. The van der Waals surface area contributed by atoms with Gasteiger partial charge in [0.2, 0.25) is 21.8 Å². The van der Waals surface area contributed by atoms with Gasteiger partial charge in [-0.05, 0) is 42.7 Å². The molecule has 0 aromatic heterocycles. The van der Waals surface area contributed by atoms with Crippen molar-refractivity contribution >= 4 is 50.7 Å². The zero-order valence-corrected chi connectivity index (χ0v) is 23.5. The van der Waals surface area contributed by atoms with E-state index in [9.17, 15) is 31.2 Å². The summed E-state index contributed by atoms with van der Waals surface area (Å²) in [6, 6.07) is 8.25. The molecule has 13 heteroatoms. The summed E-state index contributed by atoms with van der Waals surface area (Å²) in [4.78, 5) is 27.8. The topological polar surface area (TPSA) is 86.8 Å². The number of halogens is 5. The Morgan fingerprint density at radius 2 is 1.71 bits per heavy atom. The highest BCUT2D eigenvalue weighted by Crippen LogP contribution is 2.37. The molecular weight excluding hydrogens is 566 g/mol. The van der Waals surface area contributed by atoms with Gasteiger partial charge in [0.1, 0.15) is 12.6 Å². The molecule has 2 rings (SSSR count). The number of nitrogens with one attached hydrogen (secondary N) is 1. The summed E-state index contributed by atoms with van der Waals surface area (Å²) < 4.78 is 66.2. The number of benzene rings is 2. The molecule has 7 nitrogen and oxygen atoms in total. The molecule has 2 amide bonds. The van der Waals surface area contributed by atoms with Crippen LogP contribution in [0.3, 0.4) is 0 Å². The number of rotatable bonds is 12. The summed E-state index contributed by atoms with van der Waals surface area (Å²) in [5.41, 5.74) is -1.12. The second kappa shape index (κ2) is 13.5. The number of unbranched alkanes of at least 4 members (excludes halogenated alkanes) is 1. The first-order valence-corrected chi connectivity index (χ1v) is 14.5. The van der Waals surface area contributed by atoms with Crippen LogP contribution < -0.4 is 9.62 Å². The molecule has 210 valence electrons. The van der Waals surface area contributed by atoms with Gasteiger partial charge in [0.05, 0.1) is 22.5 Å². The Hall–Kier alpha value is -2.50. The van der Waals surface area contributed by atoms with Gasteiger partial charge in [-0.25, -0.2) is 8.42 Å². The maximum Gasteiger partial charge on any atom is 0.417 e. The van der Waals surface area contributed by atoms with Crippen molar-refractivity contribution in [3.63, 3.8) is 0 Å². The number of sulfonamides is 1. The van der Waals surface area contributed by atoms with E-state index in [1.807, 2.05) is 6.92 Å². The van der Waals surface area contributed by atoms with Gasteiger partial charge in [-0.3, -0.25) is 13.9 Å². The summed E-state index contributed by atoms with van der Waals surface area (Å²) in [5, 5.41) is 2.50. The van der Waals surface area contributed by atoms with E-state index in [0.29, 0.717) is 27.5 Å². The van der Waals surface area contributed by atoms with Crippen molar-refractivity contribution in [1.29, 1.82) is 0 Å². The number of hydrogen-bond acceptors (Lipinski definition) is 4. The molecule has 0 aliphatic carbocycles. The second-order valence-corrected chi connectivity index (χ2v) is 11.3. The largest absolute Gasteiger partial charge is 0.417 e. The number of nitrogens with zero attached hydrogens (tertiary/aromatic N) is 2. The lowest BCUT2D eigenvalue weighted by Gasteiger charge is -2.33. The fourth-order valence-corrected chi connectivity index (χ4v) is 5.00. The van der Waals surface area contributed by atoms with E-state index in [1.165, 1.54) is 4.90 Å². The smallest absolute Gasteiger partial charge is 0.354 e. The molecule has 1 atom stereocenters. The number of carbonyl (C=O) groups is 2. The van der Waals surface area contributed by atoms with Crippen molar-refractivity contribution in [3.05, 3.63) is 63.6 Å². The Bertz CT molecular complexity index is 1240. The molecule has 1 N–H and O–H groups in total. The van der Waals surface area contributed by atoms with Crippen LogP contribution in [0.1, 0.15) is 44.2 Å². The lowest BCUT2D eigenvalue weighted by atomic mass is 10.1. The Labute approximate surface area is 230 Å². The molecule has 0 unspecified atom stereocenters. The summed E-state index contributed by atoms with van der Waals surface area (Å²) >= 11 is 12.0. The second-order valence-electron chi connectivity index (χ2n) is 8.61. The van der Waals surface area contributed by atoms with Crippen LogP contribution in [-0.4, -0.2) is 50.5 Å². The fourth-order valence-electron chi connectivity index (χ4n) is 3.74. The monoisotopic (exact) mass is 595 g/mol. The summed E-state index contributed by atoms with van der Waals surface area (Å²) in [6.45, 7) is 3.07. The average Bonchev–Trinajstić information content (AvgIpc) is 2.82. The quantitative estimate of drug-likeness (QED) is 0.328. The first-order valence-electron chi connectivity index (χ1n) is 11.9. The van der Waals surface area contributed by atoms with Gasteiger partial charge < -0.3 is 10.2 Å². The fraction of sp³-hybridized carbons (Fsp3) is 0.440. The Balaban J connectivity index is 2.50. The van der Waals surface area contributed by atoms with Crippen molar-refractivity contribution in [1.82, 2.24) is 10.2 Å². The van der Waals surface area contributed by atoms with Crippen LogP contribution in [0.25, 0.3) is 0 Å². The number of amides is 2. The molecule has 0 heterocycles. The van der Waals surface area contributed by atoms with Gasteiger partial charge in [-0.15, -0.1) is 0 Å². The van der Waals surface area contributed by atoms with Gasteiger partial charge in [-0.2, -0.15) is 13.2 Å². The predicted molar refractivity (Wildman–Crippen MR) is 143 cm³/mol.